The van der Waals surface area contributed by atoms with Gasteiger partial charge in [0.15, 0.2) is 11.4 Å². The summed E-state index contributed by atoms with van der Waals surface area (Å²) >= 11 is 12.5. The first kappa shape index (κ1) is 59.0. The van der Waals surface area contributed by atoms with Crippen LogP contribution in [0.15, 0.2) is 175 Å². The van der Waals surface area contributed by atoms with E-state index in [1.165, 1.54) is 60.1 Å². The maximum Gasteiger partial charge on any atom is 0.296 e. The minimum Gasteiger partial charge on any atom is -0.492 e. The van der Waals surface area contributed by atoms with Gasteiger partial charge in [-0.05, 0) is 145 Å². The fraction of sp³-hybridized carbons (Fsp3) is 0.0385. The summed E-state index contributed by atoms with van der Waals surface area (Å²) in [6.45, 7) is 3.16. The first-order valence-corrected chi connectivity index (χ1v) is 29.5. The molecule has 0 atom stereocenters. The monoisotopic (exact) mass is 1260 g/mol. The number of aryl methyl sites for hydroxylation is 2. The molecule has 0 aliphatic heterocycles. The van der Waals surface area contributed by atoms with Gasteiger partial charge in [0.05, 0.1) is 33.3 Å². The Balaban J connectivity index is 0.792. The first-order valence-electron chi connectivity index (χ1n) is 24.5. The number of halogens is 2. The standard InChI is InChI=1S/C52H40Cl2N18O11S3/c1-28-43(45(73)71(69-28)37-9-4-3-5-10-37)67-65-36-8-6-7-33(25-36)56-50-60-48(54)62-52(64-50)58-35-18-15-31(42(27-35)86(81,82)83)14-11-30-12-16-32(17-13-30)55-49-59-47(53)61-51(63-49)57-34-19-24-41(85(78,79)80)40(26-34)66-68-44-29(2)70-72(46(44)74)38-20-22-39(23-21-38)84(75,76)77/h3-27,73-74H,1-2H3,(H,75,76,77)(H,78,79,80)(H,81,82,83)(H2,55,57,59,61,63)(H2,56,58,60,62,64). The third kappa shape index (κ3) is 14.1. The van der Waals surface area contributed by atoms with E-state index < -0.39 is 56.6 Å². The van der Waals surface area contributed by atoms with Gasteiger partial charge in [-0.2, -0.15) is 79.8 Å². The molecule has 4 aromatic heterocycles. The molecule has 29 nitrogen and oxygen atoms in total. The zero-order valence-corrected chi connectivity index (χ0v) is 47.8. The van der Waals surface area contributed by atoms with Crippen LogP contribution in [0.1, 0.15) is 22.5 Å². The van der Waals surface area contributed by atoms with Crippen LogP contribution in [0.25, 0.3) is 23.5 Å². The summed E-state index contributed by atoms with van der Waals surface area (Å²) in [5.41, 5.74) is 3.35. The molecule has 436 valence electrons. The number of rotatable bonds is 19. The molecular weight excluding hydrogens is 1220 g/mol. The van der Waals surface area contributed by atoms with Crippen LogP contribution >= 0.6 is 23.2 Å². The Bertz CT molecular complexity index is 4710. The van der Waals surface area contributed by atoms with Crippen molar-refractivity contribution >= 4 is 135 Å². The molecule has 6 aromatic carbocycles. The van der Waals surface area contributed by atoms with Gasteiger partial charge in [0.25, 0.3) is 30.4 Å². The highest BCUT2D eigenvalue weighted by molar-refractivity contribution is 7.86. The van der Waals surface area contributed by atoms with Crippen molar-refractivity contribution in [3.63, 3.8) is 0 Å². The van der Waals surface area contributed by atoms with Crippen molar-refractivity contribution in [2.24, 2.45) is 20.5 Å². The van der Waals surface area contributed by atoms with Crippen molar-refractivity contribution in [3.05, 3.63) is 173 Å². The summed E-state index contributed by atoms with van der Waals surface area (Å²) in [6.07, 6.45) is 3.08. The minimum atomic E-state index is -4.88. The lowest BCUT2D eigenvalue weighted by Crippen LogP contribution is -2.06. The lowest BCUT2D eigenvalue weighted by Gasteiger charge is -2.11. The molecule has 0 saturated carbocycles. The van der Waals surface area contributed by atoms with Crippen LogP contribution in [0.4, 0.5) is 69.3 Å². The van der Waals surface area contributed by atoms with Crippen molar-refractivity contribution < 1.29 is 49.1 Å². The van der Waals surface area contributed by atoms with Crippen LogP contribution < -0.4 is 21.3 Å². The average Bonchev–Trinajstić information content (AvgIpc) is 2.77. The van der Waals surface area contributed by atoms with E-state index in [1.807, 2.05) is 18.2 Å². The Kier molecular flexibility index (Phi) is 16.6. The smallest absolute Gasteiger partial charge is 0.296 e. The van der Waals surface area contributed by atoms with E-state index >= 15 is 0 Å². The van der Waals surface area contributed by atoms with Gasteiger partial charge in [-0.25, -0.2) is 0 Å². The van der Waals surface area contributed by atoms with Gasteiger partial charge < -0.3 is 31.5 Å². The maximum absolute atomic E-state index is 12.7. The predicted molar refractivity (Wildman–Crippen MR) is 315 cm³/mol. The number of benzene rings is 6. The fourth-order valence-electron chi connectivity index (χ4n) is 7.96. The molecule has 0 aliphatic rings. The van der Waals surface area contributed by atoms with Crippen LogP contribution in [-0.4, -0.2) is 98.6 Å². The second-order valence-electron chi connectivity index (χ2n) is 17.9. The molecule has 10 aromatic rings. The van der Waals surface area contributed by atoms with Gasteiger partial charge in [-0.1, -0.05) is 54.6 Å². The molecule has 0 bridgehead atoms. The summed E-state index contributed by atoms with van der Waals surface area (Å²) in [4.78, 5) is 23.6. The average molecular weight is 1260 g/mol. The Morgan fingerprint density at radius 1 is 0.465 bits per heavy atom. The first-order chi connectivity index (χ1) is 40.9. The molecule has 0 fully saturated rings. The summed E-state index contributed by atoms with van der Waals surface area (Å²) in [5.74, 6) is -0.972. The zero-order valence-electron chi connectivity index (χ0n) is 43.9. The van der Waals surface area contributed by atoms with Crippen LogP contribution in [0, 0.1) is 13.8 Å². The van der Waals surface area contributed by atoms with Crippen LogP contribution in [0.5, 0.6) is 11.8 Å². The van der Waals surface area contributed by atoms with Gasteiger partial charge >= 0.3 is 0 Å². The number of azo groups is 2. The van der Waals surface area contributed by atoms with Crippen LogP contribution in [-0.2, 0) is 30.4 Å². The van der Waals surface area contributed by atoms with E-state index in [9.17, 15) is 49.1 Å². The SMILES string of the molecule is Cc1nn(-c2ccccc2)c(O)c1N=Nc1cccc(Nc2nc(Cl)nc(Nc3ccc(C=Cc4ccc(Nc5nc(Cl)nc(Nc6ccc(S(=O)(=O)O)c(N=Nc7c(C)nn(-c8ccc(S(=O)(=O)O)cc8)c7O)c6)n5)cc4)c(S(=O)(=O)O)c3)n2)c1. The summed E-state index contributed by atoms with van der Waals surface area (Å²) < 4.78 is 105. The highest BCUT2D eigenvalue weighted by Gasteiger charge is 2.22. The summed E-state index contributed by atoms with van der Waals surface area (Å²) in [7, 11) is -14.2. The number of hydrogen-bond acceptors (Lipinski definition) is 24. The quantitative estimate of drug-likeness (QED) is 0.0206. The lowest BCUT2D eigenvalue weighted by atomic mass is 10.1. The van der Waals surface area contributed by atoms with Crippen LogP contribution in [0.2, 0.25) is 10.6 Å². The molecule has 9 N–H and O–H groups in total. The molecule has 34 heteroatoms. The molecule has 0 amide bonds. The van der Waals surface area contributed by atoms with Crippen molar-refractivity contribution in [2.45, 2.75) is 28.5 Å². The molecular formula is C52H40Cl2N18O11S3. The third-order valence-electron chi connectivity index (χ3n) is 11.9. The summed E-state index contributed by atoms with van der Waals surface area (Å²) in [6, 6.07) is 34.8. The fourth-order valence-corrected chi connectivity index (χ4v) is 10.1. The number of para-hydroxylation sites is 1. The van der Waals surface area contributed by atoms with Crippen molar-refractivity contribution in [1.29, 1.82) is 0 Å². The van der Waals surface area contributed by atoms with Crippen molar-refractivity contribution in [2.75, 3.05) is 21.3 Å². The largest absolute Gasteiger partial charge is 0.492 e. The molecule has 4 heterocycles. The Labute approximate surface area is 496 Å². The highest BCUT2D eigenvalue weighted by Crippen LogP contribution is 2.38. The molecule has 0 saturated heterocycles. The predicted octanol–water partition coefficient (Wildman–Crippen LogP) is 11.5. The van der Waals surface area contributed by atoms with Gasteiger partial charge in [-0.15, -0.1) is 15.3 Å². The Morgan fingerprint density at radius 3 is 1.50 bits per heavy atom. The number of anilines is 8. The molecule has 86 heavy (non-hydrogen) atoms. The Hall–Kier alpha value is -10.2. The molecule has 0 unspecified atom stereocenters. The van der Waals surface area contributed by atoms with E-state index in [2.05, 4.69) is 81.8 Å². The molecule has 0 aliphatic carbocycles. The number of aromatic nitrogens is 10. The van der Waals surface area contributed by atoms with E-state index in [0.717, 1.165) is 22.9 Å². The van der Waals surface area contributed by atoms with E-state index in [0.29, 0.717) is 34.0 Å². The van der Waals surface area contributed by atoms with Gasteiger partial charge in [0.2, 0.25) is 46.1 Å². The number of nitrogens with one attached hydrogen (secondary N) is 4. The molecule has 0 spiro atoms. The molecule has 0 radical (unpaired) electrons. The number of nitrogens with zero attached hydrogens (tertiary/aromatic N) is 14. The second-order valence-corrected chi connectivity index (χ2v) is 22.8. The second kappa shape index (κ2) is 24.2. The maximum atomic E-state index is 12.7. The topological polar surface area (TPSA) is 414 Å². The van der Waals surface area contributed by atoms with E-state index in [1.54, 1.807) is 73.7 Å². The van der Waals surface area contributed by atoms with Gasteiger partial charge in [0.1, 0.15) is 15.5 Å². The van der Waals surface area contributed by atoms with E-state index in [4.69, 9.17) is 23.2 Å². The summed E-state index contributed by atoms with van der Waals surface area (Å²) in [5, 5.41) is 58.1. The lowest BCUT2D eigenvalue weighted by molar-refractivity contribution is 0.434. The highest BCUT2D eigenvalue weighted by atomic mass is 35.5. The van der Waals surface area contributed by atoms with Gasteiger partial charge in [-0.3, -0.25) is 13.7 Å². The number of aromatic hydroxyl groups is 2. The minimum absolute atomic E-state index is 0.00785. The zero-order chi connectivity index (χ0) is 61.1. The normalized spacial score (nSPS) is 12.1. The van der Waals surface area contributed by atoms with Crippen molar-refractivity contribution in [1.82, 2.24) is 49.5 Å². The third-order valence-corrected chi connectivity index (χ3v) is 14.9. The van der Waals surface area contributed by atoms with Crippen LogP contribution in [0.3, 0.4) is 0 Å². The van der Waals surface area contributed by atoms with Crippen molar-refractivity contribution in [3.8, 4) is 23.1 Å². The molecule has 10 rings (SSSR count). The van der Waals surface area contributed by atoms with Gasteiger partial charge in [0, 0.05) is 22.7 Å². The Morgan fingerprint density at radius 2 is 0.953 bits per heavy atom. The van der Waals surface area contributed by atoms with E-state index in [-0.39, 0.29) is 79.9 Å². The number of hydrogen-bond donors (Lipinski definition) is 9.